The summed E-state index contributed by atoms with van der Waals surface area (Å²) in [5.41, 5.74) is 5.45. The number of allylic oxidation sites excluding steroid dienone is 4. The Kier molecular flexibility index (Phi) is 23.4. The fraction of sp³-hybridized carbons (Fsp3) is 0.886. The monoisotopic (exact) mass is 487 g/mol. The van der Waals surface area contributed by atoms with Gasteiger partial charge in [-0.3, -0.25) is 0 Å². The lowest BCUT2D eigenvalue weighted by Crippen LogP contribution is -1.94. The largest absolute Gasteiger partial charge is 0.0770 e. The highest BCUT2D eigenvalue weighted by Gasteiger charge is 2.16. The lowest BCUT2D eigenvalue weighted by molar-refractivity contribution is 0.567. The molecule has 1 aliphatic carbocycles. The van der Waals surface area contributed by atoms with Crippen molar-refractivity contribution in [3.05, 3.63) is 22.8 Å². The van der Waals surface area contributed by atoms with Crippen LogP contribution in [0.25, 0.3) is 0 Å². The van der Waals surface area contributed by atoms with Gasteiger partial charge in [0.25, 0.3) is 0 Å². The summed E-state index contributed by atoms with van der Waals surface area (Å²) in [5, 5.41) is 0. The predicted molar refractivity (Wildman–Crippen MR) is 161 cm³/mol. The van der Waals surface area contributed by atoms with Crippen LogP contribution in [0.4, 0.5) is 0 Å². The van der Waals surface area contributed by atoms with Crippen LogP contribution in [0.5, 0.6) is 0 Å². The van der Waals surface area contributed by atoms with Gasteiger partial charge in [0.2, 0.25) is 0 Å². The molecule has 0 saturated heterocycles. The van der Waals surface area contributed by atoms with E-state index < -0.39 is 0 Å². The van der Waals surface area contributed by atoms with Crippen molar-refractivity contribution in [1.82, 2.24) is 0 Å². The first-order valence-corrected chi connectivity index (χ1v) is 16.7. The molecule has 0 unspecified atom stereocenters. The van der Waals surface area contributed by atoms with Crippen molar-refractivity contribution in [2.75, 3.05) is 0 Å². The molecule has 0 aliphatic heterocycles. The zero-order valence-corrected chi connectivity index (χ0v) is 24.9. The van der Waals surface area contributed by atoms with Crippen LogP contribution in [-0.2, 0) is 0 Å². The minimum atomic E-state index is 1.29. The summed E-state index contributed by atoms with van der Waals surface area (Å²) in [6, 6.07) is 0. The molecule has 1 rings (SSSR count). The van der Waals surface area contributed by atoms with E-state index in [1.54, 1.807) is 5.57 Å². The average Bonchev–Trinajstić information content (AvgIpc) is 3.25. The molecule has 0 aromatic carbocycles. The van der Waals surface area contributed by atoms with Gasteiger partial charge in [0.1, 0.15) is 0 Å². The van der Waals surface area contributed by atoms with Crippen LogP contribution >= 0.6 is 0 Å². The van der Waals surface area contributed by atoms with E-state index in [0.717, 1.165) is 0 Å². The Morgan fingerprint density at radius 2 is 0.743 bits per heavy atom. The van der Waals surface area contributed by atoms with E-state index in [1.807, 2.05) is 11.1 Å². The molecule has 0 aromatic rings. The van der Waals surface area contributed by atoms with E-state index in [1.165, 1.54) is 180 Å². The fourth-order valence-corrected chi connectivity index (χ4v) is 5.92. The highest BCUT2D eigenvalue weighted by molar-refractivity contribution is 5.42. The van der Waals surface area contributed by atoms with Gasteiger partial charge in [0.15, 0.2) is 0 Å². The van der Waals surface area contributed by atoms with Crippen LogP contribution in [0.3, 0.4) is 0 Å². The van der Waals surface area contributed by atoms with Crippen LogP contribution in [0.1, 0.15) is 201 Å². The van der Waals surface area contributed by atoms with E-state index in [-0.39, 0.29) is 0 Å². The van der Waals surface area contributed by atoms with Gasteiger partial charge >= 0.3 is 0 Å². The molecule has 0 atom stereocenters. The topological polar surface area (TPSA) is 0 Å². The van der Waals surface area contributed by atoms with Gasteiger partial charge < -0.3 is 0 Å². The van der Waals surface area contributed by atoms with Gasteiger partial charge in [-0.25, -0.2) is 0 Å². The third kappa shape index (κ3) is 18.4. The zero-order valence-electron chi connectivity index (χ0n) is 24.9. The molecule has 0 N–H and O–H groups in total. The van der Waals surface area contributed by atoms with E-state index in [2.05, 4.69) is 26.8 Å². The van der Waals surface area contributed by atoms with E-state index in [0.29, 0.717) is 0 Å². The molecule has 0 saturated carbocycles. The van der Waals surface area contributed by atoms with Crippen LogP contribution in [0.2, 0.25) is 0 Å². The van der Waals surface area contributed by atoms with Gasteiger partial charge in [-0.05, 0) is 56.1 Å². The van der Waals surface area contributed by atoms with Crippen molar-refractivity contribution in [3.8, 4) is 0 Å². The molecule has 0 amide bonds. The molecule has 0 fully saturated rings. The van der Waals surface area contributed by atoms with Gasteiger partial charge in [0, 0.05) is 0 Å². The van der Waals surface area contributed by atoms with Gasteiger partial charge in [-0.15, -0.1) is 0 Å². The Hall–Kier alpha value is -0.520. The summed E-state index contributed by atoms with van der Waals surface area (Å²) in [5.74, 6) is 0. The van der Waals surface area contributed by atoms with Crippen LogP contribution in [0.15, 0.2) is 22.8 Å². The van der Waals surface area contributed by atoms with Crippen LogP contribution in [0, 0.1) is 0 Å². The van der Waals surface area contributed by atoms with Crippen molar-refractivity contribution >= 4 is 0 Å². The quantitative estimate of drug-likeness (QED) is 0.101. The Balaban J connectivity index is 2.34. The molecule has 35 heavy (non-hydrogen) atoms. The van der Waals surface area contributed by atoms with Crippen molar-refractivity contribution in [3.63, 3.8) is 0 Å². The van der Waals surface area contributed by atoms with Crippen molar-refractivity contribution in [1.29, 1.82) is 0 Å². The Bertz CT molecular complexity index is 508. The van der Waals surface area contributed by atoms with Gasteiger partial charge in [0.05, 0.1) is 0 Å². The average molecular weight is 487 g/mol. The highest BCUT2D eigenvalue weighted by atomic mass is 14.2. The fourth-order valence-electron chi connectivity index (χ4n) is 5.92. The third-order valence-electron chi connectivity index (χ3n) is 8.32. The maximum atomic E-state index is 2.64. The number of hydrogen-bond donors (Lipinski definition) is 0. The first-order valence-electron chi connectivity index (χ1n) is 16.7. The Morgan fingerprint density at radius 3 is 1.17 bits per heavy atom. The molecule has 0 heteroatoms. The standard InChI is InChI=1S/C35H66/c1-4-7-10-13-16-19-22-25-28-33-31-32-34(29-26-23-20-17-14-11-8-5-2)35(33)30-27-24-21-18-15-12-9-6-3/h31H,4-30,32H2,1-3H3. The highest BCUT2D eigenvalue weighted by Crippen LogP contribution is 2.36. The second-order valence-corrected chi connectivity index (χ2v) is 11.7. The maximum absolute atomic E-state index is 2.64. The lowest BCUT2D eigenvalue weighted by Gasteiger charge is -2.13. The smallest absolute Gasteiger partial charge is 0.0127 e. The SMILES string of the molecule is CCCCCCCCCCC1=CCC(CCCCCCCCCC)=C1CCCCCCCCCC. The van der Waals surface area contributed by atoms with Gasteiger partial charge in [-0.1, -0.05) is 167 Å². The molecule has 0 radical (unpaired) electrons. The molecule has 206 valence electrons. The number of hydrogen-bond acceptors (Lipinski definition) is 0. The maximum Gasteiger partial charge on any atom is -0.0127 e. The summed E-state index contributed by atoms with van der Waals surface area (Å²) < 4.78 is 0. The second-order valence-electron chi connectivity index (χ2n) is 11.7. The molecule has 1 aliphatic rings. The summed E-state index contributed by atoms with van der Waals surface area (Å²) in [7, 11) is 0. The first kappa shape index (κ1) is 32.5. The molecule has 0 bridgehead atoms. The molecule has 0 spiro atoms. The molecule has 0 nitrogen and oxygen atoms in total. The summed E-state index contributed by atoms with van der Waals surface area (Å²) >= 11 is 0. The molecular weight excluding hydrogens is 420 g/mol. The van der Waals surface area contributed by atoms with Gasteiger partial charge in [-0.2, -0.15) is 0 Å². The molecule has 0 heterocycles. The summed E-state index contributed by atoms with van der Waals surface area (Å²) in [6.45, 7) is 6.95. The number of rotatable bonds is 27. The minimum absolute atomic E-state index is 1.29. The second kappa shape index (κ2) is 25.1. The van der Waals surface area contributed by atoms with Crippen molar-refractivity contribution in [2.45, 2.75) is 201 Å². The van der Waals surface area contributed by atoms with E-state index in [9.17, 15) is 0 Å². The predicted octanol–water partition coefficient (Wildman–Crippen LogP) is 13.2. The zero-order chi connectivity index (χ0) is 25.2. The first-order chi connectivity index (χ1) is 17.3. The van der Waals surface area contributed by atoms with E-state index >= 15 is 0 Å². The Labute approximate surface area is 223 Å². The molecule has 0 aromatic heterocycles. The van der Waals surface area contributed by atoms with E-state index in [4.69, 9.17) is 0 Å². The summed E-state index contributed by atoms with van der Waals surface area (Å²) in [4.78, 5) is 0. The van der Waals surface area contributed by atoms with Crippen molar-refractivity contribution < 1.29 is 0 Å². The Morgan fingerprint density at radius 1 is 0.400 bits per heavy atom. The van der Waals surface area contributed by atoms with Crippen LogP contribution in [-0.4, -0.2) is 0 Å². The van der Waals surface area contributed by atoms with Crippen LogP contribution < -0.4 is 0 Å². The van der Waals surface area contributed by atoms with Crippen molar-refractivity contribution in [2.24, 2.45) is 0 Å². The normalized spacial score (nSPS) is 13.7. The number of unbranched alkanes of at least 4 members (excludes halogenated alkanes) is 21. The lowest BCUT2D eigenvalue weighted by atomic mass is 9.93. The third-order valence-corrected chi connectivity index (χ3v) is 8.32. The minimum Gasteiger partial charge on any atom is -0.0770 e. The summed E-state index contributed by atoms with van der Waals surface area (Å²) in [6.07, 6.45) is 42.6. The molecular formula is C35H66.